The summed E-state index contributed by atoms with van der Waals surface area (Å²) in [6.45, 7) is 4.58. The predicted octanol–water partition coefficient (Wildman–Crippen LogP) is 1.62. The molecule has 90 valence electrons. The van der Waals surface area contributed by atoms with Crippen molar-refractivity contribution in [2.45, 2.75) is 19.4 Å². The molecule has 0 spiro atoms. The number of aromatic amines is 1. The lowest BCUT2D eigenvalue weighted by molar-refractivity contribution is 0.548. The van der Waals surface area contributed by atoms with E-state index in [0.29, 0.717) is 6.54 Å². The van der Waals surface area contributed by atoms with E-state index >= 15 is 0 Å². The molecule has 0 fully saturated rings. The Morgan fingerprint density at radius 2 is 2.12 bits per heavy atom. The molecule has 0 aliphatic rings. The molecule has 5 nitrogen and oxygen atoms in total. The quantitative estimate of drug-likeness (QED) is 0.747. The number of nitrogens with two attached hydrogens (primary N) is 1. The first kappa shape index (κ1) is 11.6. The summed E-state index contributed by atoms with van der Waals surface area (Å²) in [5.41, 5.74) is 7.49. The maximum absolute atomic E-state index is 5.88. The minimum absolute atomic E-state index is 0.263. The third kappa shape index (κ3) is 3.29. The summed E-state index contributed by atoms with van der Waals surface area (Å²) in [6, 6.07) is 5.79. The zero-order valence-corrected chi connectivity index (χ0v) is 10.1. The Labute approximate surface area is 100 Å². The van der Waals surface area contributed by atoms with E-state index in [9.17, 15) is 0 Å². The summed E-state index contributed by atoms with van der Waals surface area (Å²) < 4.78 is 0. The van der Waals surface area contributed by atoms with E-state index in [2.05, 4.69) is 20.5 Å². The Kier molecular flexibility index (Phi) is 3.10. The van der Waals surface area contributed by atoms with Crippen molar-refractivity contribution < 1.29 is 0 Å². The van der Waals surface area contributed by atoms with Gasteiger partial charge < -0.3 is 16.0 Å². The van der Waals surface area contributed by atoms with Crippen molar-refractivity contribution in [2.24, 2.45) is 5.73 Å². The van der Waals surface area contributed by atoms with Crippen molar-refractivity contribution in [2.75, 3.05) is 11.9 Å². The van der Waals surface area contributed by atoms with E-state index in [1.54, 1.807) is 0 Å². The molecule has 0 amide bonds. The molecule has 2 rings (SSSR count). The van der Waals surface area contributed by atoms with E-state index in [4.69, 9.17) is 5.73 Å². The highest BCUT2D eigenvalue weighted by molar-refractivity contribution is 5.58. The van der Waals surface area contributed by atoms with Crippen LogP contribution in [-0.2, 0) is 0 Å². The fourth-order valence-corrected chi connectivity index (χ4v) is 1.38. The van der Waals surface area contributed by atoms with Gasteiger partial charge in [0.2, 0.25) is 0 Å². The van der Waals surface area contributed by atoms with Crippen LogP contribution in [0.5, 0.6) is 0 Å². The average molecular weight is 231 g/mol. The Hall–Kier alpha value is -1.88. The predicted molar refractivity (Wildman–Crippen MR) is 68.6 cm³/mol. The second-order valence-electron chi connectivity index (χ2n) is 4.75. The van der Waals surface area contributed by atoms with E-state index in [-0.39, 0.29) is 5.54 Å². The van der Waals surface area contributed by atoms with Crippen molar-refractivity contribution in [3.05, 3.63) is 30.6 Å². The second kappa shape index (κ2) is 4.55. The standard InChI is InChI=1S/C12H17N5/c1-12(2,13)8-15-11-4-3-10(16-17-11)9-5-6-14-7-9/h3-7,14H,8,13H2,1-2H3,(H,15,17). The van der Waals surface area contributed by atoms with Gasteiger partial charge in [0, 0.05) is 30.0 Å². The topological polar surface area (TPSA) is 79.6 Å². The van der Waals surface area contributed by atoms with Crippen LogP contribution < -0.4 is 11.1 Å². The highest BCUT2D eigenvalue weighted by Crippen LogP contribution is 2.15. The summed E-state index contributed by atoms with van der Waals surface area (Å²) in [7, 11) is 0. The fourth-order valence-electron chi connectivity index (χ4n) is 1.38. The molecule has 2 heterocycles. The largest absolute Gasteiger partial charge is 0.367 e. The minimum atomic E-state index is -0.263. The van der Waals surface area contributed by atoms with Crippen LogP contribution in [0.2, 0.25) is 0 Å². The van der Waals surface area contributed by atoms with Gasteiger partial charge in [-0.05, 0) is 32.0 Å². The Morgan fingerprint density at radius 3 is 2.65 bits per heavy atom. The van der Waals surface area contributed by atoms with Crippen LogP contribution in [0.1, 0.15) is 13.8 Å². The lowest BCUT2D eigenvalue weighted by atomic mass is 10.1. The molecular formula is C12H17N5. The molecule has 0 radical (unpaired) electrons. The Morgan fingerprint density at radius 1 is 1.29 bits per heavy atom. The summed E-state index contributed by atoms with van der Waals surface area (Å²) >= 11 is 0. The van der Waals surface area contributed by atoms with E-state index < -0.39 is 0 Å². The van der Waals surface area contributed by atoms with Gasteiger partial charge in [-0.1, -0.05) is 0 Å². The van der Waals surface area contributed by atoms with Crippen LogP contribution in [0.3, 0.4) is 0 Å². The van der Waals surface area contributed by atoms with Gasteiger partial charge in [-0.3, -0.25) is 0 Å². The lowest BCUT2D eigenvalue weighted by Gasteiger charge is -2.18. The van der Waals surface area contributed by atoms with Crippen LogP contribution >= 0.6 is 0 Å². The zero-order valence-electron chi connectivity index (χ0n) is 10.1. The molecule has 0 saturated heterocycles. The SMILES string of the molecule is CC(C)(N)CNc1ccc(-c2cc[nH]c2)nn1. The molecule has 0 saturated carbocycles. The van der Waals surface area contributed by atoms with Crippen molar-refractivity contribution in [1.82, 2.24) is 15.2 Å². The number of rotatable bonds is 4. The third-order valence-corrected chi connectivity index (χ3v) is 2.28. The normalized spacial score (nSPS) is 11.5. The van der Waals surface area contributed by atoms with Gasteiger partial charge in [-0.15, -0.1) is 10.2 Å². The molecule has 0 atom stereocenters. The van der Waals surface area contributed by atoms with Gasteiger partial charge >= 0.3 is 0 Å². The molecule has 2 aromatic heterocycles. The first-order chi connectivity index (χ1) is 8.04. The summed E-state index contributed by atoms with van der Waals surface area (Å²) in [5.74, 6) is 0.739. The highest BCUT2D eigenvalue weighted by atomic mass is 15.2. The molecule has 0 unspecified atom stereocenters. The average Bonchev–Trinajstić information content (AvgIpc) is 2.79. The minimum Gasteiger partial charge on any atom is -0.367 e. The van der Waals surface area contributed by atoms with Crippen LogP contribution in [-0.4, -0.2) is 27.3 Å². The van der Waals surface area contributed by atoms with Crippen molar-refractivity contribution in [3.63, 3.8) is 0 Å². The molecule has 0 aliphatic carbocycles. The third-order valence-electron chi connectivity index (χ3n) is 2.28. The maximum Gasteiger partial charge on any atom is 0.148 e. The van der Waals surface area contributed by atoms with Gasteiger partial charge in [0.1, 0.15) is 5.82 Å². The molecule has 0 bridgehead atoms. The number of aromatic nitrogens is 3. The molecule has 0 aromatic carbocycles. The number of hydrogen-bond acceptors (Lipinski definition) is 4. The Balaban J connectivity index is 2.04. The van der Waals surface area contributed by atoms with E-state index in [0.717, 1.165) is 17.1 Å². The van der Waals surface area contributed by atoms with Crippen LogP contribution in [0, 0.1) is 0 Å². The molecule has 4 N–H and O–H groups in total. The summed E-state index contributed by atoms with van der Waals surface area (Å²) in [5, 5.41) is 11.4. The number of nitrogens with zero attached hydrogens (tertiary/aromatic N) is 2. The van der Waals surface area contributed by atoms with Gasteiger partial charge in [-0.2, -0.15) is 0 Å². The zero-order chi connectivity index (χ0) is 12.3. The molecule has 0 aliphatic heterocycles. The summed E-state index contributed by atoms with van der Waals surface area (Å²) in [4.78, 5) is 2.99. The number of hydrogen-bond donors (Lipinski definition) is 3. The monoisotopic (exact) mass is 231 g/mol. The van der Waals surface area contributed by atoms with Crippen molar-refractivity contribution in [3.8, 4) is 11.3 Å². The number of anilines is 1. The van der Waals surface area contributed by atoms with Gasteiger partial charge in [0.15, 0.2) is 0 Å². The van der Waals surface area contributed by atoms with E-state index in [1.807, 2.05) is 44.4 Å². The smallest absolute Gasteiger partial charge is 0.148 e. The van der Waals surface area contributed by atoms with Gasteiger partial charge in [0.25, 0.3) is 0 Å². The van der Waals surface area contributed by atoms with Crippen LogP contribution in [0.25, 0.3) is 11.3 Å². The Bertz CT molecular complexity index is 453. The van der Waals surface area contributed by atoms with Crippen LogP contribution in [0.15, 0.2) is 30.6 Å². The van der Waals surface area contributed by atoms with Gasteiger partial charge in [0.05, 0.1) is 5.69 Å². The fraction of sp³-hybridized carbons (Fsp3) is 0.333. The first-order valence-corrected chi connectivity index (χ1v) is 5.54. The van der Waals surface area contributed by atoms with Crippen molar-refractivity contribution >= 4 is 5.82 Å². The molecule has 5 heteroatoms. The van der Waals surface area contributed by atoms with Crippen LogP contribution in [0.4, 0.5) is 5.82 Å². The molecule has 17 heavy (non-hydrogen) atoms. The second-order valence-corrected chi connectivity index (χ2v) is 4.75. The molecule has 2 aromatic rings. The molecular weight excluding hydrogens is 214 g/mol. The highest BCUT2D eigenvalue weighted by Gasteiger charge is 2.10. The first-order valence-electron chi connectivity index (χ1n) is 5.54. The lowest BCUT2D eigenvalue weighted by Crippen LogP contribution is -2.39. The van der Waals surface area contributed by atoms with Gasteiger partial charge in [-0.25, -0.2) is 0 Å². The number of nitrogens with one attached hydrogen (secondary N) is 2. The maximum atomic E-state index is 5.88. The summed E-state index contributed by atoms with van der Waals surface area (Å²) in [6.07, 6.45) is 3.75. The van der Waals surface area contributed by atoms with E-state index in [1.165, 1.54) is 0 Å². The van der Waals surface area contributed by atoms with Crippen molar-refractivity contribution in [1.29, 1.82) is 0 Å². The number of H-pyrrole nitrogens is 1.